The number of ketones is 1. The average molecular weight is 198 g/mol. The van der Waals surface area contributed by atoms with Crippen LogP contribution in [0.4, 0.5) is 0 Å². The van der Waals surface area contributed by atoms with Crippen LogP contribution in [0, 0.1) is 0 Å². The van der Waals surface area contributed by atoms with Crippen molar-refractivity contribution in [2.45, 2.75) is 40.0 Å². The number of rotatable bonds is 6. The van der Waals surface area contributed by atoms with Crippen molar-refractivity contribution in [2.24, 2.45) is 0 Å². The normalized spacial score (nSPS) is 9.36. The Hall–Kier alpha value is -1.12. The number of carbonyl (C=O) groups excluding carboxylic acids is 2. The molecule has 0 aromatic carbocycles. The van der Waals surface area contributed by atoms with Gasteiger partial charge in [-0.25, -0.2) is 0 Å². The molecule has 14 heavy (non-hydrogen) atoms. The van der Waals surface area contributed by atoms with Crippen molar-refractivity contribution in [3.05, 3.63) is 11.6 Å². The van der Waals surface area contributed by atoms with Crippen molar-refractivity contribution in [3.63, 3.8) is 0 Å². The quantitative estimate of drug-likeness (QED) is 0.373. The van der Waals surface area contributed by atoms with Crippen molar-refractivity contribution in [2.75, 3.05) is 6.61 Å². The lowest BCUT2D eigenvalue weighted by Gasteiger charge is -1.99. The van der Waals surface area contributed by atoms with Gasteiger partial charge in [0.1, 0.15) is 12.2 Å². The zero-order valence-corrected chi connectivity index (χ0v) is 9.13. The van der Waals surface area contributed by atoms with Crippen LogP contribution in [0.3, 0.4) is 0 Å². The zero-order valence-electron chi connectivity index (χ0n) is 9.13. The van der Waals surface area contributed by atoms with E-state index in [1.165, 1.54) is 5.57 Å². The Labute approximate surface area is 85.1 Å². The fourth-order valence-electron chi connectivity index (χ4n) is 0.983. The van der Waals surface area contributed by atoms with Gasteiger partial charge < -0.3 is 4.74 Å². The van der Waals surface area contributed by atoms with Gasteiger partial charge in [0.25, 0.3) is 0 Å². The first-order valence-corrected chi connectivity index (χ1v) is 4.87. The minimum Gasteiger partial charge on any atom is -0.466 e. The molecular weight excluding hydrogens is 180 g/mol. The largest absolute Gasteiger partial charge is 0.466 e. The predicted molar refractivity (Wildman–Crippen MR) is 54.9 cm³/mol. The van der Waals surface area contributed by atoms with E-state index >= 15 is 0 Å². The van der Waals surface area contributed by atoms with Crippen molar-refractivity contribution in [3.8, 4) is 0 Å². The van der Waals surface area contributed by atoms with E-state index in [0.29, 0.717) is 19.4 Å². The molecule has 0 N–H and O–H groups in total. The summed E-state index contributed by atoms with van der Waals surface area (Å²) in [4.78, 5) is 22.1. The standard InChI is InChI=1S/C11H18O3/c1-4-14-11(13)8-10(12)7-5-6-9(2)3/h6H,4-5,7-8H2,1-3H3. The molecule has 0 amide bonds. The Morgan fingerprint density at radius 2 is 1.93 bits per heavy atom. The molecule has 3 nitrogen and oxygen atoms in total. The molecular formula is C11H18O3. The fraction of sp³-hybridized carbons (Fsp3) is 0.636. The van der Waals surface area contributed by atoms with Gasteiger partial charge in [0, 0.05) is 6.42 Å². The highest BCUT2D eigenvalue weighted by Gasteiger charge is 2.08. The summed E-state index contributed by atoms with van der Waals surface area (Å²) >= 11 is 0. The van der Waals surface area contributed by atoms with E-state index in [0.717, 1.165) is 0 Å². The van der Waals surface area contributed by atoms with E-state index in [1.807, 2.05) is 19.9 Å². The molecule has 0 saturated heterocycles. The second-order valence-corrected chi connectivity index (χ2v) is 3.34. The maximum absolute atomic E-state index is 11.2. The lowest BCUT2D eigenvalue weighted by atomic mass is 10.1. The van der Waals surface area contributed by atoms with E-state index in [1.54, 1.807) is 6.92 Å². The molecule has 0 bridgehead atoms. The molecule has 0 radical (unpaired) electrons. The first kappa shape index (κ1) is 12.9. The van der Waals surface area contributed by atoms with Crippen LogP contribution < -0.4 is 0 Å². The fourth-order valence-corrected chi connectivity index (χ4v) is 0.983. The van der Waals surface area contributed by atoms with E-state index in [2.05, 4.69) is 4.74 Å². The molecule has 0 saturated carbocycles. The molecule has 0 aliphatic carbocycles. The molecule has 0 rings (SSSR count). The second-order valence-electron chi connectivity index (χ2n) is 3.34. The van der Waals surface area contributed by atoms with Crippen molar-refractivity contribution < 1.29 is 14.3 Å². The van der Waals surface area contributed by atoms with Gasteiger partial charge in [-0.3, -0.25) is 9.59 Å². The minimum atomic E-state index is -0.422. The van der Waals surface area contributed by atoms with E-state index in [-0.39, 0.29) is 12.2 Å². The van der Waals surface area contributed by atoms with Gasteiger partial charge in [-0.05, 0) is 27.2 Å². The Kier molecular flexibility index (Phi) is 6.72. The summed E-state index contributed by atoms with van der Waals surface area (Å²) in [5.74, 6) is -0.476. The van der Waals surface area contributed by atoms with Crippen LogP contribution >= 0.6 is 0 Å². The van der Waals surface area contributed by atoms with Gasteiger partial charge in [-0.1, -0.05) is 11.6 Å². The summed E-state index contributed by atoms with van der Waals surface area (Å²) in [5.41, 5.74) is 1.19. The summed E-state index contributed by atoms with van der Waals surface area (Å²) in [6.07, 6.45) is 3.03. The Bertz CT molecular complexity index is 225. The van der Waals surface area contributed by atoms with Crippen LogP contribution in [-0.2, 0) is 14.3 Å². The highest BCUT2D eigenvalue weighted by atomic mass is 16.5. The van der Waals surface area contributed by atoms with Crippen LogP contribution in [0.5, 0.6) is 0 Å². The predicted octanol–water partition coefficient (Wildman–Crippen LogP) is 2.26. The maximum Gasteiger partial charge on any atom is 0.313 e. The highest BCUT2D eigenvalue weighted by Crippen LogP contribution is 2.01. The molecule has 0 unspecified atom stereocenters. The monoisotopic (exact) mass is 198 g/mol. The summed E-state index contributed by atoms with van der Waals surface area (Å²) in [6.45, 7) is 6.03. The van der Waals surface area contributed by atoms with Gasteiger partial charge >= 0.3 is 5.97 Å². The third kappa shape index (κ3) is 7.53. The molecule has 0 aromatic rings. The second kappa shape index (κ2) is 7.30. The number of esters is 1. The molecule has 0 atom stereocenters. The average Bonchev–Trinajstić information content (AvgIpc) is 2.03. The maximum atomic E-state index is 11.2. The molecule has 80 valence electrons. The molecule has 0 heterocycles. The van der Waals surface area contributed by atoms with Crippen molar-refractivity contribution >= 4 is 11.8 Å². The minimum absolute atomic E-state index is 0.0547. The summed E-state index contributed by atoms with van der Waals surface area (Å²) < 4.78 is 4.66. The van der Waals surface area contributed by atoms with Crippen LogP contribution in [0.15, 0.2) is 11.6 Å². The van der Waals surface area contributed by atoms with Gasteiger partial charge in [-0.15, -0.1) is 0 Å². The summed E-state index contributed by atoms with van der Waals surface area (Å²) in [7, 11) is 0. The zero-order chi connectivity index (χ0) is 11.0. The number of hydrogen-bond donors (Lipinski definition) is 0. The molecule has 0 aliphatic heterocycles. The Morgan fingerprint density at radius 3 is 2.43 bits per heavy atom. The van der Waals surface area contributed by atoms with Gasteiger partial charge in [0.05, 0.1) is 6.61 Å². The third-order valence-electron chi connectivity index (χ3n) is 1.62. The van der Waals surface area contributed by atoms with Crippen molar-refractivity contribution in [1.82, 2.24) is 0 Å². The first-order valence-electron chi connectivity index (χ1n) is 4.87. The van der Waals surface area contributed by atoms with Gasteiger partial charge in [0.2, 0.25) is 0 Å². The first-order chi connectivity index (χ1) is 6.56. The third-order valence-corrected chi connectivity index (χ3v) is 1.62. The van der Waals surface area contributed by atoms with E-state index in [9.17, 15) is 9.59 Å². The summed E-state index contributed by atoms with van der Waals surface area (Å²) in [5, 5.41) is 0. The van der Waals surface area contributed by atoms with Crippen LogP contribution in [0.1, 0.15) is 40.0 Å². The van der Waals surface area contributed by atoms with E-state index in [4.69, 9.17) is 0 Å². The van der Waals surface area contributed by atoms with Crippen LogP contribution in [-0.4, -0.2) is 18.4 Å². The van der Waals surface area contributed by atoms with Gasteiger partial charge in [-0.2, -0.15) is 0 Å². The number of carbonyl (C=O) groups is 2. The topological polar surface area (TPSA) is 43.4 Å². The highest BCUT2D eigenvalue weighted by molar-refractivity contribution is 5.95. The van der Waals surface area contributed by atoms with Crippen molar-refractivity contribution in [1.29, 1.82) is 0 Å². The lowest BCUT2D eigenvalue weighted by Crippen LogP contribution is -2.10. The molecule has 0 aliphatic rings. The molecule has 0 aromatic heterocycles. The summed E-state index contributed by atoms with van der Waals surface area (Å²) in [6, 6.07) is 0. The van der Waals surface area contributed by atoms with E-state index < -0.39 is 5.97 Å². The Balaban J connectivity index is 3.66. The van der Waals surface area contributed by atoms with Crippen LogP contribution in [0.25, 0.3) is 0 Å². The van der Waals surface area contributed by atoms with Gasteiger partial charge in [0.15, 0.2) is 0 Å². The lowest BCUT2D eigenvalue weighted by molar-refractivity contribution is -0.145. The molecule has 3 heteroatoms. The molecule has 0 spiro atoms. The number of Topliss-reactive ketones (excluding diaryl/α,β-unsaturated/α-hetero) is 1. The number of ether oxygens (including phenoxy) is 1. The smallest absolute Gasteiger partial charge is 0.313 e. The SMILES string of the molecule is CCOC(=O)CC(=O)CCC=C(C)C. The molecule has 0 fully saturated rings. The number of hydrogen-bond acceptors (Lipinski definition) is 3. The van der Waals surface area contributed by atoms with Crippen LogP contribution in [0.2, 0.25) is 0 Å². The number of allylic oxidation sites excluding steroid dienone is 2. The Morgan fingerprint density at radius 1 is 1.29 bits per heavy atom.